The van der Waals surface area contributed by atoms with Crippen molar-refractivity contribution in [3.05, 3.63) is 53.3 Å². The summed E-state index contributed by atoms with van der Waals surface area (Å²) in [6.45, 7) is 0.364. The van der Waals surface area contributed by atoms with E-state index in [-0.39, 0.29) is 23.4 Å². The Balaban J connectivity index is 1.59. The summed E-state index contributed by atoms with van der Waals surface area (Å²) in [4.78, 5) is 25.9. The minimum absolute atomic E-state index is 0.0784. The molecule has 2 aromatic rings. The molecule has 0 aliphatic carbocycles. The predicted molar refractivity (Wildman–Crippen MR) is 97.3 cm³/mol. The van der Waals surface area contributed by atoms with Crippen LogP contribution in [-0.4, -0.2) is 31.6 Å². The standard InChI is InChI=1S/C18H17ClFN3O3/c1-26-14-5-3-13(4-6-14)23-10-12(9-17(23)24)22-18(25)21-11-2-7-16(20)15(19)8-11/h2-8,12H,9-10H2,1H3,(H2,21,22,25). The molecule has 1 atom stereocenters. The van der Waals surface area contributed by atoms with Crippen LogP contribution < -0.4 is 20.3 Å². The molecule has 3 rings (SSSR count). The van der Waals surface area contributed by atoms with E-state index in [9.17, 15) is 14.0 Å². The van der Waals surface area contributed by atoms with Gasteiger partial charge in [0.05, 0.1) is 18.2 Å². The molecule has 26 heavy (non-hydrogen) atoms. The van der Waals surface area contributed by atoms with Crippen molar-refractivity contribution in [2.45, 2.75) is 12.5 Å². The fraction of sp³-hybridized carbons (Fsp3) is 0.222. The molecule has 136 valence electrons. The third kappa shape index (κ3) is 4.05. The smallest absolute Gasteiger partial charge is 0.319 e. The van der Waals surface area contributed by atoms with Gasteiger partial charge in [-0.15, -0.1) is 0 Å². The van der Waals surface area contributed by atoms with Crippen LogP contribution in [0.5, 0.6) is 5.75 Å². The summed E-state index contributed by atoms with van der Waals surface area (Å²) in [5.74, 6) is 0.0619. The molecule has 2 N–H and O–H groups in total. The van der Waals surface area contributed by atoms with Gasteiger partial charge in [0.2, 0.25) is 5.91 Å². The fourth-order valence-electron chi connectivity index (χ4n) is 2.74. The van der Waals surface area contributed by atoms with Crippen molar-refractivity contribution < 1.29 is 18.7 Å². The highest BCUT2D eigenvalue weighted by molar-refractivity contribution is 6.31. The number of urea groups is 1. The second-order valence-corrected chi connectivity index (χ2v) is 6.24. The Morgan fingerprint density at radius 3 is 2.65 bits per heavy atom. The highest BCUT2D eigenvalue weighted by Crippen LogP contribution is 2.24. The van der Waals surface area contributed by atoms with Crippen LogP contribution in [0.15, 0.2) is 42.5 Å². The van der Waals surface area contributed by atoms with Crippen LogP contribution in [0.1, 0.15) is 6.42 Å². The monoisotopic (exact) mass is 377 g/mol. The number of methoxy groups -OCH3 is 1. The molecule has 0 radical (unpaired) electrons. The molecule has 0 spiro atoms. The van der Waals surface area contributed by atoms with Crippen LogP contribution in [0.25, 0.3) is 0 Å². The number of hydrogen-bond donors (Lipinski definition) is 2. The second-order valence-electron chi connectivity index (χ2n) is 5.83. The number of rotatable bonds is 4. The van der Waals surface area contributed by atoms with Crippen molar-refractivity contribution in [1.29, 1.82) is 0 Å². The van der Waals surface area contributed by atoms with Crippen molar-refractivity contribution in [2.75, 3.05) is 23.9 Å². The lowest BCUT2D eigenvalue weighted by Crippen LogP contribution is -2.39. The number of nitrogens with one attached hydrogen (secondary N) is 2. The number of anilines is 2. The van der Waals surface area contributed by atoms with Crippen LogP contribution in [0.3, 0.4) is 0 Å². The van der Waals surface area contributed by atoms with Gasteiger partial charge < -0.3 is 20.3 Å². The van der Waals surface area contributed by atoms with Crippen LogP contribution in [0, 0.1) is 5.82 Å². The topological polar surface area (TPSA) is 70.7 Å². The molecule has 3 amide bonds. The van der Waals surface area contributed by atoms with E-state index in [2.05, 4.69) is 10.6 Å². The van der Waals surface area contributed by atoms with E-state index >= 15 is 0 Å². The Bertz CT molecular complexity index is 829. The zero-order valence-corrected chi connectivity index (χ0v) is 14.7. The predicted octanol–water partition coefficient (Wildman–Crippen LogP) is 3.41. The van der Waals surface area contributed by atoms with Crippen molar-refractivity contribution in [1.82, 2.24) is 5.32 Å². The van der Waals surface area contributed by atoms with E-state index < -0.39 is 11.8 Å². The van der Waals surface area contributed by atoms with Crippen LogP contribution in [0.4, 0.5) is 20.6 Å². The Hall–Kier alpha value is -2.80. The third-order valence-electron chi connectivity index (χ3n) is 4.02. The first-order valence-electron chi connectivity index (χ1n) is 7.93. The average molecular weight is 378 g/mol. The lowest BCUT2D eigenvalue weighted by atomic mass is 10.2. The number of benzene rings is 2. The molecule has 0 saturated carbocycles. The Labute approximate surface area is 154 Å². The van der Waals surface area contributed by atoms with Crippen LogP contribution in [-0.2, 0) is 4.79 Å². The Kier molecular flexibility index (Phi) is 5.27. The third-order valence-corrected chi connectivity index (χ3v) is 4.31. The van der Waals surface area contributed by atoms with E-state index in [0.717, 1.165) is 5.69 Å². The van der Waals surface area contributed by atoms with Gasteiger partial charge in [-0.2, -0.15) is 0 Å². The summed E-state index contributed by atoms with van der Waals surface area (Å²) < 4.78 is 18.3. The minimum atomic E-state index is -0.561. The van der Waals surface area contributed by atoms with Crippen molar-refractivity contribution in [3.8, 4) is 5.75 Å². The van der Waals surface area contributed by atoms with Gasteiger partial charge >= 0.3 is 6.03 Å². The highest BCUT2D eigenvalue weighted by atomic mass is 35.5. The second kappa shape index (κ2) is 7.61. The zero-order chi connectivity index (χ0) is 18.7. The number of hydrogen-bond acceptors (Lipinski definition) is 3. The Morgan fingerprint density at radius 1 is 1.27 bits per heavy atom. The van der Waals surface area contributed by atoms with Gasteiger partial charge in [-0.1, -0.05) is 11.6 Å². The highest BCUT2D eigenvalue weighted by Gasteiger charge is 2.31. The molecule has 1 unspecified atom stereocenters. The molecule has 2 aromatic carbocycles. The molecule has 1 aliphatic rings. The normalized spacial score (nSPS) is 16.5. The largest absolute Gasteiger partial charge is 0.497 e. The van der Waals surface area contributed by atoms with Gasteiger partial charge in [-0.25, -0.2) is 9.18 Å². The molecular weight excluding hydrogens is 361 g/mol. The number of carbonyl (C=O) groups is 2. The summed E-state index contributed by atoms with van der Waals surface area (Å²) in [5, 5.41) is 5.23. The van der Waals surface area contributed by atoms with Crippen molar-refractivity contribution >= 4 is 34.9 Å². The van der Waals surface area contributed by atoms with Gasteiger partial charge in [-0.3, -0.25) is 4.79 Å². The number of halogens is 2. The van der Waals surface area contributed by atoms with E-state index in [0.29, 0.717) is 18.0 Å². The van der Waals surface area contributed by atoms with Crippen molar-refractivity contribution in [3.63, 3.8) is 0 Å². The Morgan fingerprint density at radius 2 is 2.00 bits per heavy atom. The van der Waals surface area contributed by atoms with Gasteiger partial charge in [0.1, 0.15) is 11.6 Å². The van der Waals surface area contributed by atoms with E-state index in [4.69, 9.17) is 16.3 Å². The van der Waals surface area contributed by atoms with Gasteiger partial charge in [0.25, 0.3) is 0 Å². The molecule has 0 aromatic heterocycles. The van der Waals surface area contributed by atoms with E-state index in [1.807, 2.05) is 0 Å². The number of ether oxygens (including phenoxy) is 1. The summed E-state index contributed by atoms with van der Waals surface area (Å²) >= 11 is 5.69. The lowest BCUT2D eigenvalue weighted by molar-refractivity contribution is -0.117. The maximum absolute atomic E-state index is 13.1. The van der Waals surface area contributed by atoms with Crippen LogP contribution in [0.2, 0.25) is 5.02 Å². The summed E-state index contributed by atoms with van der Waals surface area (Å²) in [6.07, 6.45) is 0.198. The van der Waals surface area contributed by atoms with E-state index in [1.54, 1.807) is 36.3 Å². The first-order valence-corrected chi connectivity index (χ1v) is 8.31. The van der Waals surface area contributed by atoms with Gasteiger partial charge in [0, 0.05) is 24.3 Å². The number of nitrogens with zero attached hydrogens (tertiary/aromatic N) is 1. The lowest BCUT2D eigenvalue weighted by Gasteiger charge is -2.18. The fourth-order valence-corrected chi connectivity index (χ4v) is 2.92. The van der Waals surface area contributed by atoms with Crippen LogP contribution >= 0.6 is 11.6 Å². The molecule has 6 nitrogen and oxygen atoms in total. The molecule has 0 bridgehead atoms. The summed E-state index contributed by atoms with van der Waals surface area (Å²) in [7, 11) is 1.57. The first kappa shape index (κ1) is 18.0. The van der Waals surface area contributed by atoms with Crippen molar-refractivity contribution in [2.24, 2.45) is 0 Å². The SMILES string of the molecule is COc1ccc(N2CC(NC(=O)Nc3ccc(F)c(Cl)c3)CC2=O)cc1. The van der Waals surface area contributed by atoms with Gasteiger partial charge in [0.15, 0.2) is 0 Å². The molecule has 1 fully saturated rings. The number of carbonyl (C=O) groups excluding carboxylic acids is 2. The quantitative estimate of drug-likeness (QED) is 0.857. The maximum atomic E-state index is 13.1. The molecular formula is C18H17ClFN3O3. The average Bonchev–Trinajstić information content (AvgIpc) is 2.98. The maximum Gasteiger partial charge on any atom is 0.319 e. The first-order chi connectivity index (χ1) is 12.5. The summed E-state index contributed by atoms with van der Waals surface area (Å²) in [6, 6.07) is 10.2. The number of amides is 3. The molecule has 1 aliphatic heterocycles. The minimum Gasteiger partial charge on any atom is -0.497 e. The zero-order valence-electron chi connectivity index (χ0n) is 14.0. The summed E-state index contributed by atoms with van der Waals surface area (Å²) in [5.41, 5.74) is 1.11. The molecule has 1 saturated heterocycles. The molecule has 1 heterocycles. The molecule has 8 heteroatoms. The van der Waals surface area contributed by atoms with E-state index in [1.165, 1.54) is 18.2 Å². The van der Waals surface area contributed by atoms with Gasteiger partial charge in [-0.05, 0) is 42.5 Å².